The molecular formula is C23H24O5. The summed E-state index contributed by atoms with van der Waals surface area (Å²) in [6.45, 7) is 7.83. The number of benzene rings is 2. The SMILES string of the molecule is Cc1ccc(C(C)C)c(OCC(=O)OCc2cc(=O)oc3cc(C)ccc23)c1. The average Bonchev–Trinajstić information content (AvgIpc) is 2.63. The van der Waals surface area contributed by atoms with E-state index >= 15 is 0 Å². The highest BCUT2D eigenvalue weighted by Crippen LogP contribution is 2.27. The van der Waals surface area contributed by atoms with Crippen LogP contribution in [0.1, 0.15) is 42.0 Å². The maximum atomic E-state index is 12.2. The smallest absolute Gasteiger partial charge is 0.344 e. The molecule has 0 N–H and O–H groups in total. The lowest BCUT2D eigenvalue weighted by molar-refractivity contribution is -0.147. The number of ether oxygens (including phenoxy) is 2. The maximum Gasteiger partial charge on any atom is 0.344 e. The van der Waals surface area contributed by atoms with Crippen molar-refractivity contribution in [2.24, 2.45) is 0 Å². The van der Waals surface area contributed by atoms with Gasteiger partial charge in [-0.05, 0) is 48.6 Å². The van der Waals surface area contributed by atoms with E-state index in [0.717, 1.165) is 22.1 Å². The van der Waals surface area contributed by atoms with E-state index in [1.807, 2.05) is 44.2 Å². The fraction of sp³-hybridized carbons (Fsp3) is 0.304. The van der Waals surface area contributed by atoms with Crippen LogP contribution in [-0.2, 0) is 16.1 Å². The fourth-order valence-corrected chi connectivity index (χ4v) is 3.04. The van der Waals surface area contributed by atoms with Gasteiger partial charge in [-0.3, -0.25) is 0 Å². The summed E-state index contributed by atoms with van der Waals surface area (Å²) in [5.74, 6) is 0.475. The van der Waals surface area contributed by atoms with Crippen molar-refractivity contribution < 1.29 is 18.7 Å². The zero-order valence-corrected chi connectivity index (χ0v) is 16.6. The van der Waals surface area contributed by atoms with Crippen LogP contribution in [0.15, 0.2) is 51.7 Å². The van der Waals surface area contributed by atoms with E-state index in [0.29, 0.717) is 16.9 Å². The Labute approximate surface area is 163 Å². The summed E-state index contributed by atoms with van der Waals surface area (Å²) < 4.78 is 16.3. The van der Waals surface area contributed by atoms with Crippen molar-refractivity contribution in [1.82, 2.24) is 0 Å². The molecule has 3 aromatic rings. The second-order valence-corrected chi connectivity index (χ2v) is 7.24. The van der Waals surface area contributed by atoms with Crippen LogP contribution in [0.5, 0.6) is 5.75 Å². The highest BCUT2D eigenvalue weighted by Gasteiger charge is 2.12. The highest BCUT2D eigenvalue weighted by molar-refractivity contribution is 5.81. The van der Waals surface area contributed by atoms with E-state index in [9.17, 15) is 9.59 Å². The summed E-state index contributed by atoms with van der Waals surface area (Å²) in [6, 6.07) is 12.9. The predicted molar refractivity (Wildman–Crippen MR) is 108 cm³/mol. The standard InChI is InChI=1S/C23H24O5/c1-14(2)18-7-5-15(3)9-20(18)26-13-23(25)27-12-17-11-22(24)28-21-10-16(4)6-8-19(17)21/h5-11,14H,12-13H2,1-4H3. The molecule has 1 heterocycles. The molecule has 5 nitrogen and oxygen atoms in total. The second kappa shape index (κ2) is 8.30. The molecule has 0 aliphatic heterocycles. The third-order valence-electron chi connectivity index (χ3n) is 4.51. The Morgan fingerprint density at radius 3 is 2.50 bits per heavy atom. The lowest BCUT2D eigenvalue weighted by Crippen LogP contribution is -2.16. The van der Waals surface area contributed by atoms with Crippen LogP contribution >= 0.6 is 0 Å². The van der Waals surface area contributed by atoms with E-state index in [2.05, 4.69) is 13.8 Å². The highest BCUT2D eigenvalue weighted by atomic mass is 16.6. The van der Waals surface area contributed by atoms with Gasteiger partial charge in [0.15, 0.2) is 6.61 Å². The van der Waals surface area contributed by atoms with E-state index in [4.69, 9.17) is 13.9 Å². The Balaban J connectivity index is 1.68. The topological polar surface area (TPSA) is 65.7 Å². The van der Waals surface area contributed by atoms with Gasteiger partial charge in [-0.15, -0.1) is 0 Å². The molecule has 0 saturated carbocycles. The van der Waals surface area contributed by atoms with Gasteiger partial charge in [-0.2, -0.15) is 0 Å². The molecule has 0 amide bonds. The summed E-state index contributed by atoms with van der Waals surface area (Å²) in [4.78, 5) is 24.0. The number of carbonyl (C=O) groups is 1. The van der Waals surface area contributed by atoms with E-state index in [1.165, 1.54) is 6.07 Å². The maximum absolute atomic E-state index is 12.2. The Morgan fingerprint density at radius 2 is 1.75 bits per heavy atom. The number of hydrogen-bond donors (Lipinski definition) is 0. The van der Waals surface area contributed by atoms with Gasteiger partial charge in [0.1, 0.15) is 17.9 Å². The van der Waals surface area contributed by atoms with Gasteiger partial charge in [-0.25, -0.2) is 9.59 Å². The van der Waals surface area contributed by atoms with Crippen molar-refractivity contribution in [3.63, 3.8) is 0 Å². The van der Waals surface area contributed by atoms with Gasteiger partial charge in [-0.1, -0.05) is 38.1 Å². The van der Waals surface area contributed by atoms with Crippen molar-refractivity contribution in [2.45, 2.75) is 40.2 Å². The molecule has 2 aromatic carbocycles. The van der Waals surface area contributed by atoms with Gasteiger partial charge in [0.05, 0.1) is 0 Å². The van der Waals surface area contributed by atoms with Crippen LogP contribution in [-0.4, -0.2) is 12.6 Å². The minimum absolute atomic E-state index is 0.0157. The molecule has 0 spiro atoms. The van der Waals surface area contributed by atoms with Crippen molar-refractivity contribution in [3.05, 3.63) is 75.1 Å². The fourth-order valence-electron chi connectivity index (χ4n) is 3.04. The molecule has 0 aliphatic rings. The summed E-state index contributed by atoms with van der Waals surface area (Å²) >= 11 is 0. The van der Waals surface area contributed by atoms with Crippen molar-refractivity contribution >= 4 is 16.9 Å². The predicted octanol–water partition coefficient (Wildman–Crippen LogP) is 4.66. The van der Waals surface area contributed by atoms with Gasteiger partial charge < -0.3 is 13.9 Å². The summed E-state index contributed by atoms with van der Waals surface area (Å²) in [5.41, 5.74) is 3.71. The molecule has 0 saturated heterocycles. The van der Waals surface area contributed by atoms with Crippen LogP contribution in [0, 0.1) is 13.8 Å². The van der Waals surface area contributed by atoms with Crippen molar-refractivity contribution in [1.29, 1.82) is 0 Å². The molecule has 1 aromatic heterocycles. The third-order valence-corrected chi connectivity index (χ3v) is 4.51. The minimum Gasteiger partial charge on any atom is -0.482 e. The summed E-state index contributed by atoms with van der Waals surface area (Å²) in [7, 11) is 0. The molecule has 0 unspecified atom stereocenters. The van der Waals surface area contributed by atoms with Gasteiger partial charge in [0.25, 0.3) is 0 Å². The number of hydrogen-bond acceptors (Lipinski definition) is 5. The van der Waals surface area contributed by atoms with Crippen LogP contribution in [0.2, 0.25) is 0 Å². The zero-order chi connectivity index (χ0) is 20.3. The molecular weight excluding hydrogens is 356 g/mol. The molecule has 0 bridgehead atoms. The molecule has 146 valence electrons. The van der Waals surface area contributed by atoms with Crippen LogP contribution in [0.3, 0.4) is 0 Å². The van der Waals surface area contributed by atoms with Crippen LogP contribution < -0.4 is 10.4 Å². The normalized spacial score (nSPS) is 11.0. The average molecular weight is 380 g/mol. The number of aryl methyl sites for hydroxylation is 2. The molecule has 0 atom stereocenters. The Kier molecular flexibility index (Phi) is 5.83. The largest absolute Gasteiger partial charge is 0.482 e. The molecule has 0 fully saturated rings. The van der Waals surface area contributed by atoms with Gasteiger partial charge >= 0.3 is 11.6 Å². The molecule has 28 heavy (non-hydrogen) atoms. The Bertz CT molecular complexity index is 1060. The number of esters is 1. The first-order chi connectivity index (χ1) is 13.3. The molecule has 0 radical (unpaired) electrons. The minimum atomic E-state index is -0.496. The molecule has 5 heteroatoms. The lowest BCUT2D eigenvalue weighted by atomic mass is 10.0. The van der Waals surface area contributed by atoms with Gasteiger partial charge in [0, 0.05) is 17.0 Å². The third kappa shape index (κ3) is 4.60. The summed E-state index contributed by atoms with van der Waals surface area (Å²) in [5, 5.41) is 0.750. The summed E-state index contributed by atoms with van der Waals surface area (Å²) in [6.07, 6.45) is 0. The monoisotopic (exact) mass is 380 g/mol. The number of rotatable bonds is 6. The van der Waals surface area contributed by atoms with Gasteiger partial charge in [0.2, 0.25) is 0 Å². The van der Waals surface area contributed by atoms with Crippen LogP contribution in [0.4, 0.5) is 0 Å². The van der Waals surface area contributed by atoms with E-state index < -0.39 is 11.6 Å². The first kappa shape index (κ1) is 19.7. The second-order valence-electron chi connectivity index (χ2n) is 7.24. The van der Waals surface area contributed by atoms with Crippen molar-refractivity contribution in [3.8, 4) is 5.75 Å². The first-order valence-electron chi connectivity index (χ1n) is 9.26. The zero-order valence-electron chi connectivity index (χ0n) is 16.6. The molecule has 0 aliphatic carbocycles. The lowest BCUT2D eigenvalue weighted by Gasteiger charge is -2.14. The Hall–Kier alpha value is -3.08. The number of fused-ring (bicyclic) bond motifs is 1. The first-order valence-corrected chi connectivity index (χ1v) is 9.26. The van der Waals surface area contributed by atoms with E-state index in [-0.39, 0.29) is 19.1 Å². The number of carbonyl (C=O) groups excluding carboxylic acids is 1. The van der Waals surface area contributed by atoms with Crippen LogP contribution in [0.25, 0.3) is 11.0 Å². The quantitative estimate of drug-likeness (QED) is 0.460. The molecule has 3 rings (SSSR count). The van der Waals surface area contributed by atoms with Crippen molar-refractivity contribution in [2.75, 3.05) is 6.61 Å². The van der Waals surface area contributed by atoms with E-state index in [1.54, 1.807) is 6.07 Å². The Morgan fingerprint density at radius 1 is 1.04 bits per heavy atom.